The molecule has 1 aliphatic heterocycles. The number of carbonyl (C=O) groups is 1. The molecule has 0 unspecified atom stereocenters. The fourth-order valence-electron chi connectivity index (χ4n) is 2.76. The predicted octanol–water partition coefficient (Wildman–Crippen LogP) is 4.03. The molecule has 0 atom stereocenters. The van der Waals surface area contributed by atoms with Gasteiger partial charge in [0, 0.05) is 17.8 Å². The van der Waals surface area contributed by atoms with Crippen LogP contribution in [0.1, 0.15) is 28.4 Å². The summed E-state index contributed by atoms with van der Waals surface area (Å²) in [6.45, 7) is 4.03. The van der Waals surface area contributed by atoms with E-state index in [9.17, 15) is 9.18 Å². The van der Waals surface area contributed by atoms with Gasteiger partial charge in [-0.05, 0) is 49.6 Å². The minimum atomic E-state index is -0.327. The number of ketones is 1. The highest BCUT2D eigenvalue weighted by molar-refractivity contribution is 6.01. The molecule has 0 saturated heterocycles. The molecular formula is C17H16FNO. The average Bonchev–Trinajstić information content (AvgIpc) is 2.85. The first-order chi connectivity index (χ1) is 9.58. The number of anilines is 2. The smallest absolute Gasteiger partial charge is 0.162 e. The number of halogens is 1. The first-order valence-electron chi connectivity index (χ1n) is 6.74. The van der Waals surface area contributed by atoms with Crippen LogP contribution < -0.4 is 4.90 Å². The Kier molecular flexibility index (Phi) is 3.05. The first kappa shape index (κ1) is 12.9. The van der Waals surface area contributed by atoms with E-state index in [0.29, 0.717) is 11.1 Å². The zero-order valence-corrected chi connectivity index (χ0v) is 11.6. The van der Waals surface area contributed by atoms with E-state index in [0.717, 1.165) is 24.3 Å². The molecule has 0 N–H and O–H groups in total. The van der Waals surface area contributed by atoms with Crippen molar-refractivity contribution >= 4 is 17.2 Å². The Hall–Kier alpha value is -2.16. The van der Waals surface area contributed by atoms with Crippen LogP contribution in [0.15, 0.2) is 36.4 Å². The number of benzene rings is 2. The standard InChI is InChI=1S/C17H16FNO/c1-11-9-17(14(12(2)20)10-15(11)18)19-8-7-13-5-3-4-6-16(13)19/h3-6,9-10H,7-8H2,1-2H3. The summed E-state index contributed by atoms with van der Waals surface area (Å²) in [7, 11) is 0. The van der Waals surface area contributed by atoms with Crippen LogP contribution in [-0.2, 0) is 6.42 Å². The number of para-hydroxylation sites is 1. The minimum Gasteiger partial charge on any atom is -0.340 e. The molecule has 0 aliphatic carbocycles. The molecular weight excluding hydrogens is 253 g/mol. The summed E-state index contributed by atoms with van der Waals surface area (Å²) in [5.74, 6) is -0.435. The van der Waals surface area contributed by atoms with Crippen LogP contribution >= 0.6 is 0 Å². The van der Waals surface area contributed by atoms with E-state index in [-0.39, 0.29) is 11.6 Å². The Morgan fingerprint density at radius 3 is 2.70 bits per heavy atom. The van der Waals surface area contributed by atoms with E-state index in [1.165, 1.54) is 18.6 Å². The molecule has 0 amide bonds. The van der Waals surface area contributed by atoms with Gasteiger partial charge < -0.3 is 4.90 Å². The monoisotopic (exact) mass is 269 g/mol. The van der Waals surface area contributed by atoms with Crippen LogP contribution in [0.4, 0.5) is 15.8 Å². The molecule has 3 heteroatoms. The highest BCUT2D eigenvalue weighted by atomic mass is 19.1. The second-order valence-electron chi connectivity index (χ2n) is 5.21. The third kappa shape index (κ3) is 1.99. The fourth-order valence-corrected chi connectivity index (χ4v) is 2.76. The van der Waals surface area contributed by atoms with Crippen molar-refractivity contribution in [3.8, 4) is 0 Å². The van der Waals surface area contributed by atoms with Gasteiger partial charge in [0.15, 0.2) is 5.78 Å². The third-order valence-electron chi connectivity index (χ3n) is 3.83. The number of fused-ring (bicyclic) bond motifs is 1. The Morgan fingerprint density at radius 1 is 1.20 bits per heavy atom. The van der Waals surface area contributed by atoms with Crippen LogP contribution in [-0.4, -0.2) is 12.3 Å². The summed E-state index contributed by atoms with van der Waals surface area (Å²) in [4.78, 5) is 13.9. The van der Waals surface area contributed by atoms with Crippen molar-refractivity contribution < 1.29 is 9.18 Å². The van der Waals surface area contributed by atoms with Crippen molar-refractivity contribution in [1.82, 2.24) is 0 Å². The molecule has 0 aromatic heterocycles. The molecule has 0 spiro atoms. The molecule has 0 saturated carbocycles. The maximum absolute atomic E-state index is 13.7. The summed E-state index contributed by atoms with van der Waals surface area (Å²) < 4.78 is 13.7. The Labute approximate surface area is 117 Å². The predicted molar refractivity (Wildman–Crippen MR) is 78.3 cm³/mol. The minimum absolute atomic E-state index is 0.108. The van der Waals surface area contributed by atoms with E-state index < -0.39 is 0 Å². The molecule has 1 heterocycles. The van der Waals surface area contributed by atoms with Gasteiger partial charge in [-0.15, -0.1) is 0 Å². The molecule has 102 valence electrons. The summed E-state index contributed by atoms with van der Waals surface area (Å²) in [5, 5.41) is 0. The summed E-state index contributed by atoms with van der Waals surface area (Å²) in [6.07, 6.45) is 0.948. The second kappa shape index (κ2) is 4.75. The van der Waals surface area contributed by atoms with Gasteiger partial charge in [-0.2, -0.15) is 0 Å². The number of carbonyl (C=O) groups excluding carboxylic acids is 1. The van der Waals surface area contributed by atoms with Crippen LogP contribution in [0.25, 0.3) is 0 Å². The molecule has 0 fully saturated rings. The number of nitrogens with zero attached hydrogens (tertiary/aromatic N) is 1. The Bertz CT molecular complexity index is 693. The van der Waals surface area contributed by atoms with Gasteiger partial charge in [0.25, 0.3) is 0 Å². The number of Topliss-reactive ketones (excluding diaryl/α,β-unsaturated/α-hetero) is 1. The van der Waals surface area contributed by atoms with Gasteiger partial charge >= 0.3 is 0 Å². The Balaban J connectivity index is 2.16. The molecule has 2 nitrogen and oxygen atoms in total. The van der Waals surface area contributed by atoms with Gasteiger partial charge in [-0.1, -0.05) is 18.2 Å². The van der Waals surface area contributed by atoms with Crippen molar-refractivity contribution in [2.24, 2.45) is 0 Å². The van der Waals surface area contributed by atoms with Crippen molar-refractivity contribution in [2.45, 2.75) is 20.3 Å². The van der Waals surface area contributed by atoms with Crippen LogP contribution in [0.5, 0.6) is 0 Å². The second-order valence-corrected chi connectivity index (χ2v) is 5.21. The summed E-state index contributed by atoms with van der Waals surface area (Å²) in [5.41, 5.74) is 4.20. The quantitative estimate of drug-likeness (QED) is 0.767. The zero-order chi connectivity index (χ0) is 14.3. The van der Waals surface area contributed by atoms with Gasteiger partial charge in [0.1, 0.15) is 5.82 Å². The highest BCUT2D eigenvalue weighted by Gasteiger charge is 2.24. The number of rotatable bonds is 2. The van der Waals surface area contributed by atoms with Crippen molar-refractivity contribution in [3.05, 3.63) is 58.9 Å². The number of hydrogen-bond donors (Lipinski definition) is 0. The lowest BCUT2D eigenvalue weighted by molar-refractivity contribution is 0.101. The lowest BCUT2D eigenvalue weighted by Crippen LogP contribution is -2.17. The highest BCUT2D eigenvalue weighted by Crippen LogP contribution is 2.37. The maximum atomic E-state index is 13.7. The van der Waals surface area contributed by atoms with Crippen molar-refractivity contribution in [1.29, 1.82) is 0 Å². The van der Waals surface area contributed by atoms with E-state index in [1.54, 1.807) is 13.0 Å². The fraction of sp³-hybridized carbons (Fsp3) is 0.235. The average molecular weight is 269 g/mol. The summed E-state index contributed by atoms with van der Waals surface area (Å²) >= 11 is 0. The molecule has 3 rings (SSSR count). The van der Waals surface area contributed by atoms with Crippen molar-refractivity contribution in [2.75, 3.05) is 11.4 Å². The first-order valence-corrected chi connectivity index (χ1v) is 6.74. The zero-order valence-electron chi connectivity index (χ0n) is 11.6. The van der Waals surface area contributed by atoms with Gasteiger partial charge in [-0.3, -0.25) is 4.79 Å². The van der Waals surface area contributed by atoms with E-state index in [4.69, 9.17) is 0 Å². The molecule has 2 aromatic rings. The van der Waals surface area contributed by atoms with Crippen LogP contribution in [0.2, 0.25) is 0 Å². The lowest BCUT2D eigenvalue weighted by Gasteiger charge is -2.23. The Morgan fingerprint density at radius 2 is 1.95 bits per heavy atom. The largest absolute Gasteiger partial charge is 0.340 e. The molecule has 2 aromatic carbocycles. The van der Waals surface area contributed by atoms with Crippen molar-refractivity contribution in [3.63, 3.8) is 0 Å². The van der Waals surface area contributed by atoms with E-state index in [2.05, 4.69) is 11.0 Å². The van der Waals surface area contributed by atoms with E-state index >= 15 is 0 Å². The number of hydrogen-bond acceptors (Lipinski definition) is 2. The maximum Gasteiger partial charge on any atom is 0.162 e. The van der Waals surface area contributed by atoms with E-state index in [1.807, 2.05) is 18.2 Å². The van der Waals surface area contributed by atoms with Gasteiger partial charge in [-0.25, -0.2) is 4.39 Å². The number of aryl methyl sites for hydroxylation is 1. The third-order valence-corrected chi connectivity index (χ3v) is 3.83. The lowest BCUT2D eigenvalue weighted by atomic mass is 10.0. The topological polar surface area (TPSA) is 20.3 Å². The SMILES string of the molecule is CC(=O)c1cc(F)c(C)cc1N1CCc2ccccc21. The van der Waals surface area contributed by atoms with Crippen LogP contribution in [0.3, 0.4) is 0 Å². The van der Waals surface area contributed by atoms with Crippen LogP contribution in [0, 0.1) is 12.7 Å². The molecule has 0 bridgehead atoms. The summed E-state index contributed by atoms with van der Waals surface area (Å²) in [6, 6.07) is 11.3. The molecule has 0 radical (unpaired) electrons. The normalized spacial score (nSPS) is 13.4. The van der Waals surface area contributed by atoms with Gasteiger partial charge in [0.2, 0.25) is 0 Å². The van der Waals surface area contributed by atoms with Gasteiger partial charge in [0.05, 0.1) is 5.69 Å². The molecule has 20 heavy (non-hydrogen) atoms. The molecule has 1 aliphatic rings.